The molecule has 0 spiro atoms. The number of aliphatic hydroxyl groups is 3. The van der Waals surface area contributed by atoms with Gasteiger partial charge in [-0.15, -0.1) is 0 Å². The summed E-state index contributed by atoms with van der Waals surface area (Å²) in [5, 5.41) is 83.1. The number of nitro benzene ring substituents is 2. The normalized spacial score (nSPS) is 11.2. The third-order valence-electron chi connectivity index (χ3n) is 15.3. The van der Waals surface area contributed by atoms with Crippen molar-refractivity contribution in [2.75, 3.05) is 43.8 Å². The fraction of sp³-hybridized carbons (Fsp3) is 0.163. The van der Waals surface area contributed by atoms with Gasteiger partial charge in [0.15, 0.2) is 11.4 Å². The van der Waals surface area contributed by atoms with Crippen molar-refractivity contribution in [2.24, 2.45) is 23.1 Å². The number of aromatic nitrogens is 8. The summed E-state index contributed by atoms with van der Waals surface area (Å²) in [6.45, 7) is 14.7. The molecular formula is C80H77BrCl2F4MgN18O12S. The number of carbonyl (C=O) groups excluding carboxylic acids is 2. The molecule has 0 bridgehead atoms. The first-order valence-electron chi connectivity index (χ1n) is 34.5. The van der Waals surface area contributed by atoms with Gasteiger partial charge in [0.1, 0.15) is 41.9 Å². The molecule has 39 heteroatoms. The van der Waals surface area contributed by atoms with E-state index < -0.39 is 83.9 Å². The molecule has 1 amide bonds. The number of nitro groups is 2. The number of amides is 1. The number of carboxylic acids is 1. The SMILES string of the molecule is Cc1cc(C(=O)O)n(-c2cccc(C#N)c2)n1.NCC1CC1.NCCNCCN.Nc1cc(C(O)c2ccccn2)ccc1F.O=Cc1ccc(F)c([N+](=O)[O-])c1.O=S(Cl)Cl.O=[N+]([O-])c1cc(C(O)c2ccccn2)ccc1F.[Br-].[C-]#[N+]c1cccc(-n2nc(C)cc2C(=O)Nc2cc(C(O)c3ccccn3)ccc2F)c1.[Mg+2].[c-]1ccccn1. The van der Waals surface area contributed by atoms with Gasteiger partial charge in [0.05, 0.1) is 79.3 Å². The third-order valence-corrected chi connectivity index (χ3v) is 15.3. The number of aromatic carboxylic acids is 1. The standard InChI is InChI=1S/C24H18FN5O2.C12H9FN2O3.C12H11FN2O.C12H9N3O2.C7H4FNO3.C5H4N.C4H13N3.C4H9N.BrH.Cl2OS.Mg/c1-15-12-22(30(29-15)18-7-5-6-17(14-18)26-2)24(32)28-21-13-16(9-10-19(21)25)23(31)20-8-3-4-11-27-20;13-9-5-4-8(7-11(9)15(17)18)12(16)10-3-1-2-6-14-10;13-9-5-4-8(7-10(9)14)12(16)11-3-1-2-6-15-11;1-8-5-11(12(16)17)15(14-8)10-4-2-3-9(6-10)7-13;8-6-2-1-5(4-10)3-7(6)9(11)12;1-2-4-6-5-3-1;5-1-3-7-4-2-6;5-3-4-1-2-4;;1-4(2)3;/h3-14,23,31H,1H3,(H,28,32);1-7,12,16H;1-7,12,16H,14H2;2-6H,1H3,(H,16,17);1-4H;1-4H;7H,1-6H2;4H,1-3,5H2;1H;;/q;;;;;-1;;;;;+2/p-1. The average Bonchev–Trinajstić information content (AvgIpc) is 1.64. The van der Waals surface area contributed by atoms with Crippen LogP contribution in [0.3, 0.4) is 0 Å². The van der Waals surface area contributed by atoms with Gasteiger partial charge in [0, 0.05) is 83.8 Å². The van der Waals surface area contributed by atoms with Gasteiger partial charge in [-0.25, -0.2) is 32.0 Å². The van der Waals surface area contributed by atoms with Gasteiger partial charge in [0.25, 0.3) is 5.91 Å². The van der Waals surface area contributed by atoms with E-state index in [0.717, 1.165) is 49.8 Å². The molecule has 616 valence electrons. The van der Waals surface area contributed by atoms with E-state index in [1.807, 2.05) is 18.2 Å². The van der Waals surface area contributed by atoms with Crippen LogP contribution in [0.5, 0.6) is 0 Å². The Hall–Kier alpha value is -12.1. The third kappa shape index (κ3) is 35.0. The second kappa shape index (κ2) is 54.0. The molecule has 12 aromatic rings. The maximum Gasteiger partial charge on any atom is 2.00 e. The summed E-state index contributed by atoms with van der Waals surface area (Å²) in [6, 6.07) is 53.6. The van der Waals surface area contributed by atoms with Crippen LogP contribution in [0.1, 0.15) is 113 Å². The predicted molar refractivity (Wildman–Crippen MR) is 438 cm³/mol. The van der Waals surface area contributed by atoms with E-state index in [0.29, 0.717) is 81.6 Å². The first-order chi connectivity index (χ1) is 56.1. The number of pyridine rings is 4. The quantitative estimate of drug-likeness (QED) is 0.00414. The van der Waals surface area contributed by atoms with Gasteiger partial charge in [0.2, 0.25) is 20.9 Å². The van der Waals surface area contributed by atoms with Crippen LogP contribution in [-0.4, -0.2) is 148 Å². The minimum Gasteiger partial charge on any atom is -1.00 e. The number of anilines is 2. The number of benzene rings is 6. The second-order valence-corrected chi connectivity index (χ2v) is 26.4. The summed E-state index contributed by atoms with van der Waals surface area (Å²) >= 11 is 0. The molecule has 3 unspecified atom stereocenters. The van der Waals surface area contributed by atoms with Crippen LogP contribution in [0.25, 0.3) is 16.2 Å². The van der Waals surface area contributed by atoms with Gasteiger partial charge in [-0.1, -0.05) is 67.0 Å². The van der Waals surface area contributed by atoms with Crippen molar-refractivity contribution >= 4 is 100 Å². The number of nitriles is 1. The molecule has 13 rings (SSSR count). The largest absolute Gasteiger partial charge is 2.00 e. The molecule has 1 aliphatic rings. The van der Waals surface area contributed by atoms with Gasteiger partial charge in [-0.2, -0.15) is 42.4 Å². The minimum atomic E-state index is -1.67. The number of halogens is 7. The molecule has 1 fully saturated rings. The van der Waals surface area contributed by atoms with Gasteiger partial charge >= 0.3 is 40.4 Å². The zero-order valence-electron chi connectivity index (χ0n) is 63.3. The number of aldehydes is 1. The topological polar surface area (TPSA) is 479 Å². The van der Waals surface area contributed by atoms with Crippen LogP contribution in [-0.2, 0) is 9.23 Å². The van der Waals surface area contributed by atoms with Crippen LogP contribution in [0, 0.1) is 87.4 Å². The van der Waals surface area contributed by atoms with E-state index >= 15 is 0 Å². The smallest absolute Gasteiger partial charge is 1.00 e. The monoisotopic (exact) mass is 1760 g/mol. The molecule has 0 radical (unpaired) electrons. The van der Waals surface area contributed by atoms with Crippen LogP contribution in [0.15, 0.2) is 231 Å². The number of rotatable bonds is 19. The number of nitrogens with two attached hydrogens (primary N) is 4. The number of hydrogen-bond acceptors (Lipinski definition) is 23. The number of hydrogen-bond donors (Lipinski definition) is 10. The molecule has 1 aliphatic carbocycles. The van der Waals surface area contributed by atoms with E-state index in [1.54, 1.807) is 148 Å². The molecule has 14 N–H and O–H groups in total. The summed E-state index contributed by atoms with van der Waals surface area (Å²) in [5.41, 5.74) is 25.5. The number of aliphatic hydroxyl groups excluding tert-OH is 3. The van der Waals surface area contributed by atoms with Crippen LogP contribution < -0.4 is 50.5 Å². The van der Waals surface area contributed by atoms with Crippen molar-refractivity contribution in [2.45, 2.75) is 45.0 Å². The fourth-order valence-electron chi connectivity index (χ4n) is 9.50. The van der Waals surface area contributed by atoms with Crippen molar-refractivity contribution in [3.05, 3.63) is 360 Å². The van der Waals surface area contributed by atoms with Crippen molar-refractivity contribution in [1.82, 2.24) is 44.8 Å². The molecule has 3 atom stereocenters. The van der Waals surface area contributed by atoms with E-state index in [-0.39, 0.29) is 73.9 Å². The van der Waals surface area contributed by atoms with Gasteiger partial charge in [-0.3, -0.25) is 44.8 Å². The summed E-state index contributed by atoms with van der Waals surface area (Å²) < 4.78 is 65.0. The van der Waals surface area contributed by atoms with Gasteiger partial charge in [-0.05, 0) is 177 Å². The van der Waals surface area contributed by atoms with Gasteiger partial charge < -0.3 is 76.0 Å². The van der Waals surface area contributed by atoms with Crippen LogP contribution in [0.2, 0.25) is 0 Å². The summed E-state index contributed by atoms with van der Waals surface area (Å²) in [7, 11) is 7.36. The molecule has 6 aromatic carbocycles. The zero-order valence-corrected chi connectivity index (χ0v) is 68.6. The molecule has 0 saturated heterocycles. The fourth-order valence-corrected chi connectivity index (χ4v) is 9.50. The maximum atomic E-state index is 14.5. The number of aryl methyl sites for hydroxylation is 2. The molecule has 6 heterocycles. The number of nitrogen functional groups attached to an aromatic ring is 1. The molecule has 1 saturated carbocycles. The summed E-state index contributed by atoms with van der Waals surface area (Å²) in [6.07, 6.45) is 9.09. The van der Waals surface area contributed by atoms with E-state index in [9.17, 15) is 67.5 Å². The van der Waals surface area contributed by atoms with E-state index in [2.05, 4.69) is 73.2 Å². The molecule has 119 heavy (non-hydrogen) atoms. The Bertz CT molecular complexity index is 5280. The Morgan fingerprint density at radius 3 is 1.53 bits per heavy atom. The van der Waals surface area contributed by atoms with Crippen molar-refractivity contribution < 1.29 is 83.4 Å². The Balaban J connectivity index is 0.000000369. The Kier molecular flexibility index (Phi) is 45.9. The minimum absolute atomic E-state index is 0. The average molecular weight is 1770 g/mol. The molecule has 6 aromatic heterocycles. The van der Waals surface area contributed by atoms with Crippen LogP contribution in [0.4, 0.5) is 46.0 Å². The van der Waals surface area contributed by atoms with Crippen molar-refractivity contribution in [3.63, 3.8) is 0 Å². The number of nitrogens with one attached hydrogen (secondary N) is 2. The molecule has 30 nitrogen and oxygen atoms in total. The van der Waals surface area contributed by atoms with Crippen LogP contribution >= 0.6 is 21.4 Å². The molecule has 0 aliphatic heterocycles. The Morgan fingerprint density at radius 2 is 1.12 bits per heavy atom. The number of carbonyl (C=O) groups is 3. The first-order valence-corrected chi connectivity index (χ1v) is 37.3. The van der Waals surface area contributed by atoms with E-state index in [1.165, 1.54) is 83.0 Å². The summed E-state index contributed by atoms with van der Waals surface area (Å²) in [5.74, 6) is -3.72. The van der Waals surface area contributed by atoms with Crippen molar-refractivity contribution in [3.8, 4) is 17.4 Å². The number of nitrogens with zero attached hydrogens (tertiary/aromatic N) is 12. The predicted octanol–water partition coefficient (Wildman–Crippen LogP) is 9.39. The Labute approximate surface area is 718 Å². The number of carboxylic acid groups (broad SMARTS) is 1. The second-order valence-electron chi connectivity index (χ2n) is 23.9. The zero-order chi connectivity index (χ0) is 85.9. The maximum absolute atomic E-state index is 14.5. The molecular weight excluding hydrogens is 1690 g/mol. The van der Waals surface area contributed by atoms with E-state index in [4.69, 9.17) is 44.1 Å². The summed E-state index contributed by atoms with van der Waals surface area (Å²) in [4.78, 5) is 72.4. The van der Waals surface area contributed by atoms with Crippen molar-refractivity contribution in [1.29, 1.82) is 5.26 Å². The first kappa shape index (κ1) is 101. The Morgan fingerprint density at radius 1 is 0.655 bits per heavy atom.